The first-order chi connectivity index (χ1) is 8.31. The fraction of sp³-hybridized carbons (Fsp3) is 0.0909. The first kappa shape index (κ1) is 11.0. The van der Waals surface area contributed by atoms with E-state index in [9.17, 15) is 0 Å². The predicted octanol–water partition coefficient (Wildman–Crippen LogP) is 4.02. The van der Waals surface area contributed by atoms with E-state index in [1.165, 1.54) is 0 Å². The SMILES string of the molecule is Clc1ccc2nc(NCc3nccs3)sc2c1. The summed E-state index contributed by atoms with van der Waals surface area (Å²) in [6, 6.07) is 5.72. The van der Waals surface area contributed by atoms with Crippen LogP contribution in [-0.4, -0.2) is 9.97 Å². The van der Waals surface area contributed by atoms with Crippen molar-refractivity contribution in [3.8, 4) is 0 Å². The molecule has 1 N–H and O–H groups in total. The molecule has 0 aliphatic rings. The fourth-order valence-electron chi connectivity index (χ4n) is 1.47. The van der Waals surface area contributed by atoms with Crippen molar-refractivity contribution in [3.05, 3.63) is 39.8 Å². The van der Waals surface area contributed by atoms with Gasteiger partial charge in [0.1, 0.15) is 5.01 Å². The Bertz CT molecular complexity index is 633. The van der Waals surface area contributed by atoms with E-state index in [-0.39, 0.29) is 0 Å². The molecule has 0 saturated heterocycles. The molecule has 0 fully saturated rings. The number of nitrogens with one attached hydrogen (secondary N) is 1. The van der Waals surface area contributed by atoms with E-state index in [2.05, 4.69) is 15.3 Å². The lowest BCUT2D eigenvalue weighted by Crippen LogP contribution is -1.97. The Kier molecular flexibility index (Phi) is 2.96. The van der Waals surface area contributed by atoms with Crippen molar-refractivity contribution in [2.75, 3.05) is 5.32 Å². The second-order valence-electron chi connectivity index (χ2n) is 3.41. The highest BCUT2D eigenvalue weighted by molar-refractivity contribution is 7.22. The van der Waals surface area contributed by atoms with Crippen LogP contribution in [0, 0.1) is 0 Å². The molecule has 2 aromatic heterocycles. The molecular weight excluding hydrogens is 274 g/mol. The van der Waals surface area contributed by atoms with E-state index < -0.39 is 0 Å². The van der Waals surface area contributed by atoms with Gasteiger partial charge in [-0.15, -0.1) is 11.3 Å². The number of hydrogen-bond donors (Lipinski definition) is 1. The van der Waals surface area contributed by atoms with Gasteiger partial charge in [0, 0.05) is 16.6 Å². The van der Waals surface area contributed by atoms with Gasteiger partial charge in [0.15, 0.2) is 5.13 Å². The Morgan fingerprint density at radius 1 is 1.35 bits per heavy atom. The molecule has 0 spiro atoms. The summed E-state index contributed by atoms with van der Waals surface area (Å²) in [5.41, 5.74) is 0.973. The molecule has 0 aliphatic heterocycles. The van der Waals surface area contributed by atoms with E-state index >= 15 is 0 Å². The Hall–Kier alpha value is -1.17. The van der Waals surface area contributed by atoms with E-state index in [4.69, 9.17) is 11.6 Å². The number of hydrogen-bond acceptors (Lipinski definition) is 5. The van der Waals surface area contributed by atoms with Gasteiger partial charge in [-0.3, -0.25) is 0 Å². The van der Waals surface area contributed by atoms with Gasteiger partial charge in [0.05, 0.1) is 16.8 Å². The first-order valence-electron chi connectivity index (χ1n) is 4.99. The summed E-state index contributed by atoms with van der Waals surface area (Å²) in [4.78, 5) is 8.69. The van der Waals surface area contributed by atoms with Crippen LogP contribution in [0.5, 0.6) is 0 Å². The van der Waals surface area contributed by atoms with Crippen molar-refractivity contribution >= 4 is 49.6 Å². The molecule has 2 heterocycles. The number of anilines is 1. The van der Waals surface area contributed by atoms with Crippen molar-refractivity contribution in [2.24, 2.45) is 0 Å². The molecule has 0 bridgehead atoms. The standard InChI is InChI=1S/C11H8ClN3S2/c12-7-1-2-8-9(5-7)17-11(15-8)14-6-10-13-3-4-16-10/h1-5H,6H2,(H,14,15). The van der Waals surface area contributed by atoms with Gasteiger partial charge in [-0.05, 0) is 18.2 Å². The number of nitrogens with zero attached hydrogens (tertiary/aromatic N) is 2. The normalized spacial score (nSPS) is 10.9. The first-order valence-corrected chi connectivity index (χ1v) is 7.07. The minimum Gasteiger partial charge on any atom is -0.355 e. The summed E-state index contributed by atoms with van der Waals surface area (Å²) in [5, 5.41) is 7.94. The van der Waals surface area contributed by atoms with E-state index in [1.54, 1.807) is 28.9 Å². The highest BCUT2D eigenvalue weighted by Crippen LogP contribution is 2.28. The second kappa shape index (κ2) is 4.60. The van der Waals surface area contributed by atoms with Crippen LogP contribution in [0.4, 0.5) is 5.13 Å². The third-order valence-electron chi connectivity index (χ3n) is 2.22. The number of fused-ring (bicyclic) bond motifs is 1. The van der Waals surface area contributed by atoms with Crippen LogP contribution in [0.15, 0.2) is 29.8 Å². The number of aromatic nitrogens is 2. The third-order valence-corrected chi connectivity index (χ3v) is 4.22. The highest BCUT2D eigenvalue weighted by atomic mass is 35.5. The topological polar surface area (TPSA) is 37.8 Å². The monoisotopic (exact) mass is 281 g/mol. The molecule has 3 rings (SSSR count). The van der Waals surface area contributed by atoms with Crippen LogP contribution < -0.4 is 5.32 Å². The molecule has 3 aromatic rings. The number of halogens is 1. The van der Waals surface area contributed by atoms with Crippen LogP contribution in [0.3, 0.4) is 0 Å². The summed E-state index contributed by atoms with van der Waals surface area (Å²) in [6.07, 6.45) is 1.81. The third kappa shape index (κ3) is 2.41. The number of thiazole rings is 2. The maximum atomic E-state index is 5.94. The van der Waals surface area contributed by atoms with Crippen LogP contribution >= 0.6 is 34.3 Å². The fourth-order valence-corrected chi connectivity index (χ4v) is 3.16. The van der Waals surface area contributed by atoms with Crippen molar-refractivity contribution in [2.45, 2.75) is 6.54 Å². The molecule has 0 atom stereocenters. The zero-order valence-electron chi connectivity index (χ0n) is 8.68. The van der Waals surface area contributed by atoms with Gasteiger partial charge < -0.3 is 5.32 Å². The summed E-state index contributed by atoms with van der Waals surface area (Å²) in [6.45, 7) is 0.714. The van der Waals surface area contributed by atoms with Crippen molar-refractivity contribution < 1.29 is 0 Å². The lowest BCUT2D eigenvalue weighted by atomic mass is 10.3. The molecule has 6 heteroatoms. The van der Waals surface area contributed by atoms with Gasteiger partial charge in [-0.2, -0.15) is 0 Å². The van der Waals surface area contributed by atoms with Gasteiger partial charge >= 0.3 is 0 Å². The van der Waals surface area contributed by atoms with Gasteiger partial charge in [0.25, 0.3) is 0 Å². The van der Waals surface area contributed by atoms with E-state index in [1.807, 2.05) is 23.6 Å². The average molecular weight is 282 g/mol. The van der Waals surface area contributed by atoms with Crippen molar-refractivity contribution in [1.29, 1.82) is 0 Å². The molecule has 0 amide bonds. The molecule has 1 aromatic carbocycles. The van der Waals surface area contributed by atoms with E-state index in [0.717, 1.165) is 25.4 Å². The Morgan fingerprint density at radius 2 is 2.29 bits per heavy atom. The maximum Gasteiger partial charge on any atom is 0.184 e. The summed E-state index contributed by atoms with van der Waals surface area (Å²) >= 11 is 9.17. The average Bonchev–Trinajstić information content (AvgIpc) is 2.94. The summed E-state index contributed by atoms with van der Waals surface area (Å²) in [7, 11) is 0. The lowest BCUT2D eigenvalue weighted by molar-refractivity contribution is 1.10. The minimum absolute atomic E-state index is 0.714. The maximum absolute atomic E-state index is 5.94. The highest BCUT2D eigenvalue weighted by Gasteiger charge is 2.04. The summed E-state index contributed by atoms with van der Waals surface area (Å²) in [5.74, 6) is 0. The molecule has 0 unspecified atom stereocenters. The van der Waals surface area contributed by atoms with Crippen LogP contribution in [-0.2, 0) is 6.54 Å². The predicted molar refractivity (Wildman–Crippen MR) is 74.1 cm³/mol. The van der Waals surface area contributed by atoms with Crippen LogP contribution in [0.1, 0.15) is 5.01 Å². The van der Waals surface area contributed by atoms with Crippen molar-refractivity contribution in [1.82, 2.24) is 9.97 Å². The molecule has 0 radical (unpaired) electrons. The van der Waals surface area contributed by atoms with Gasteiger partial charge in [-0.25, -0.2) is 9.97 Å². The molecule has 17 heavy (non-hydrogen) atoms. The minimum atomic E-state index is 0.714. The molecule has 0 saturated carbocycles. The van der Waals surface area contributed by atoms with Crippen LogP contribution in [0.2, 0.25) is 5.02 Å². The number of rotatable bonds is 3. The zero-order chi connectivity index (χ0) is 11.7. The second-order valence-corrected chi connectivity index (χ2v) is 5.86. The Morgan fingerprint density at radius 3 is 3.12 bits per heavy atom. The van der Waals surface area contributed by atoms with Gasteiger partial charge in [-0.1, -0.05) is 22.9 Å². The van der Waals surface area contributed by atoms with Gasteiger partial charge in [0.2, 0.25) is 0 Å². The molecule has 0 aliphatic carbocycles. The Balaban J connectivity index is 1.81. The largest absolute Gasteiger partial charge is 0.355 e. The van der Waals surface area contributed by atoms with Crippen LogP contribution in [0.25, 0.3) is 10.2 Å². The number of benzene rings is 1. The van der Waals surface area contributed by atoms with Crippen molar-refractivity contribution in [3.63, 3.8) is 0 Å². The molecular formula is C11H8ClN3S2. The van der Waals surface area contributed by atoms with E-state index in [0.29, 0.717) is 6.54 Å². The zero-order valence-corrected chi connectivity index (χ0v) is 11.1. The quantitative estimate of drug-likeness (QED) is 0.788. The molecule has 86 valence electrons. The molecule has 3 nitrogen and oxygen atoms in total. The Labute approximate surface area is 111 Å². The smallest absolute Gasteiger partial charge is 0.184 e. The summed E-state index contributed by atoms with van der Waals surface area (Å²) < 4.78 is 1.10. The lowest BCUT2D eigenvalue weighted by Gasteiger charge is -1.96.